The molecule has 2 rings (SSSR count). The van der Waals surface area contributed by atoms with Crippen molar-refractivity contribution in [2.24, 2.45) is 7.05 Å². The second-order valence-electron chi connectivity index (χ2n) is 3.54. The van der Waals surface area contributed by atoms with E-state index in [0.29, 0.717) is 12.1 Å². The van der Waals surface area contributed by atoms with Crippen molar-refractivity contribution in [2.45, 2.75) is 6.54 Å². The van der Waals surface area contributed by atoms with Gasteiger partial charge in [0.15, 0.2) is 0 Å². The number of nitrogens with zero attached hydrogens (tertiary/aromatic N) is 2. The van der Waals surface area contributed by atoms with Gasteiger partial charge in [-0.2, -0.15) is 5.10 Å². The number of aryl methyl sites for hydroxylation is 1. The van der Waals surface area contributed by atoms with E-state index in [1.165, 1.54) is 12.1 Å². The summed E-state index contributed by atoms with van der Waals surface area (Å²) in [5.74, 6) is 0.873. The molecule has 0 atom stereocenters. The molecule has 0 radical (unpaired) electrons. The molecule has 2 aromatic rings. The topological polar surface area (TPSA) is 70.3 Å². The van der Waals surface area contributed by atoms with Crippen LogP contribution < -0.4 is 5.32 Å². The Bertz CT molecular complexity index is 499. The van der Waals surface area contributed by atoms with Crippen LogP contribution in [0, 0.1) is 0 Å². The second-order valence-corrected chi connectivity index (χ2v) is 3.54. The van der Waals surface area contributed by atoms with Gasteiger partial charge in [-0.05, 0) is 12.1 Å². The Hall–Kier alpha value is -1.88. The summed E-state index contributed by atoms with van der Waals surface area (Å²) in [6, 6.07) is 6.36. The summed E-state index contributed by atoms with van der Waals surface area (Å²) in [7, 11) is 1.84. The van der Waals surface area contributed by atoms with Gasteiger partial charge in [-0.25, -0.2) is 0 Å². The summed E-state index contributed by atoms with van der Waals surface area (Å²) in [6.45, 7) is 0.461. The molecular weight excluding hydrogens is 242 g/mol. The van der Waals surface area contributed by atoms with Gasteiger partial charge >= 0.3 is 0 Å². The van der Waals surface area contributed by atoms with Gasteiger partial charge in [-0.3, -0.25) is 4.68 Å². The van der Waals surface area contributed by atoms with Crippen molar-refractivity contribution in [2.75, 3.05) is 5.32 Å². The zero-order chi connectivity index (χ0) is 11.5. The molecule has 5 nitrogen and oxygen atoms in total. The van der Waals surface area contributed by atoms with Crippen molar-refractivity contribution >= 4 is 18.2 Å². The van der Waals surface area contributed by atoms with E-state index in [0.717, 1.165) is 5.82 Å². The van der Waals surface area contributed by atoms with Crippen LogP contribution in [0.1, 0.15) is 5.56 Å². The minimum absolute atomic E-state index is 0. The number of rotatable bonds is 3. The molecule has 1 aromatic carbocycles. The molecule has 6 heteroatoms. The fourth-order valence-electron chi connectivity index (χ4n) is 1.40. The Labute approximate surface area is 105 Å². The second kappa shape index (κ2) is 5.45. The molecular formula is C11H14ClN3O2. The largest absolute Gasteiger partial charge is 0.508 e. The summed E-state index contributed by atoms with van der Waals surface area (Å²) in [5.41, 5.74) is 0.712. The van der Waals surface area contributed by atoms with Gasteiger partial charge in [0.1, 0.15) is 17.3 Å². The number of benzene rings is 1. The lowest BCUT2D eigenvalue weighted by Gasteiger charge is -2.05. The predicted octanol–water partition coefficient (Wildman–Crippen LogP) is 1.87. The molecule has 0 aliphatic heterocycles. The number of phenolic OH excluding ortho intramolecular Hbond substituents is 2. The average Bonchev–Trinajstić information content (AvgIpc) is 2.63. The van der Waals surface area contributed by atoms with E-state index in [1.807, 2.05) is 19.3 Å². The third-order valence-corrected chi connectivity index (χ3v) is 2.24. The first-order valence-electron chi connectivity index (χ1n) is 4.89. The van der Waals surface area contributed by atoms with E-state index in [4.69, 9.17) is 5.11 Å². The smallest absolute Gasteiger partial charge is 0.148 e. The van der Waals surface area contributed by atoms with Gasteiger partial charge in [0.2, 0.25) is 0 Å². The van der Waals surface area contributed by atoms with Crippen LogP contribution in [0.25, 0.3) is 0 Å². The van der Waals surface area contributed by atoms with Crippen molar-refractivity contribution < 1.29 is 10.2 Å². The minimum Gasteiger partial charge on any atom is -0.508 e. The van der Waals surface area contributed by atoms with Crippen molar-refractivity contribution in [3.8, 4) is 11.5 Å². The highest BCUT2D eigenvalue weighted by Crippen LogP contribution is 2.23. The van der Waals surface area contributed by atoms with Gasteiger partial charge in [-0.15, -0.1) is 12.4 Å². The molecule has 0 bridgehead atoms. The molecule has 1 heterocycles. The van der Waals surface area contributed by atoms with Gasteiger partial charge in [0, 0.05) is 37.5 Å². The highest BCUT2D eigenvalue weighted by atomic mass is 35.5. The summed E-state index contributed by atoms with van der Waals surface area (Å²) < 4.78 is 1.69. The van der Waals surface area contributed by atoms with Crippen LogP contribution in [0.15, 0.2) is 30.5 Å². The standard InChI is InChI=1S/C11H13N3O2.ClH/c1-14-5-4-11(13-14)12-7-8-2-3-9(15)6-10(8)16;/h2-6,15-16H,7H2,1H3,(H,12,13);1H. The Balaban J connectivity index is 0.00000144. The molecule has 0 saturated carbocycles. The van der Waals surface area contributed by atoms with Crippen LogP contribution in [0.2, 0.25) is 0 Å². The third kappa shape index (κ3) is 3.29. The maximum absolute atomic E-state index is 9.55. The molecule has 0 fully saturated rings. The van der Waals surface area contributed by atoms with Crippen LogP contribution in [-0.2, 0) is 13.6 Å². The van der Waals surface area contributed by atoms with E-state index in [-0.39, 0.29) is 23.9 Å². The molecule has 17 heavy (non-hydrogen) atoms. The first-order valence-corrected chi connectivity index (χ1v) is 4.89. The van der Waals surface area contributed by atoms with Crippen LogP contribution in [0.4, 0.5) is 5.82 Å². The zero-order valence-electron chi connectivity index (χ0n) is 9.29. The summed E-state index contributed by atoms with van der Waals surface area (Å²) in [5, 5.41) is 25.9. The third-order valence-electron chi connectivity index (χ3n) is 2.24. The number of hydrogen-bond acceptors (Lipinski definition) is 4. The molecule has 92 valence electrons. The Morgan fingerprint density at radius 2 is 2.06 bits per heavy atom. The molecule has 0 aliphatic carbocycles. The molecule has 0 amide bonds. The van der Waals surface area contributed by atoms with Crippen LogP contribution in [-0.4, -0.2) is 20.0 Å². The molecule has 0 spiro atoms. The van der Waals surface area contributed by atoms with E-state index in [2.05, 4.69) is 10.4 Å². The van der Waals surface area contributed by atoms with Gasteiger partial charge in [0.05, 0.1) is 0 Å². The number of aromatic hydroxyl groups is 2. The number of aromatic nitrogens is 2. The molecule has 0 unspecified atom stereocenters. The quantitative estimate of drug-likeness (QED) is 0.783. The normalized spacial score (nSPS) is 9.71. The highest BCUT2D eigenvalue weighted by molar-refractivity contribution is 5.85. The highest BCUT2D eigenvalue weighted by Gasteiger charge is 2.02. The Kier molecular flexibility index (Phi) is 4.23. The van der Waals surface area contributed by atoms with E-state index < -0.39 is 0 Å². The molecule has 3 N–H and O–H groups in total. The maximum Gasteiger partial charge on any atom is 0.148 e. The Morgan fingerprint density at radius 3 is 2.65 bits per heavy atom. The van der Waals surface area contributed by atoms with Crippen molar-refractivity contribution in [1.29, 1.82) is 0 Å². The van der Waals surface area contributed by atoms with E-state index in [1.54, 1.807) is 10.7 Å². The summed E-state index contributed by atoms with van der Waals surface area (Å²) in [4.78, 5) is 0. The molecule has 0 aliphatic rings. The lowest BCUT2D eigenvalue weighted by molar-refractivity contribution is 0.446. The molecule has 1 aromatic heterocycles. The zero-order valence-corrected chi connectivity index (χ0v) is 10.1. The fraction of sp³-hybridized carbons (Fsp3) is 0.182. The average molecular weight is 256 g/mol. The number of anilines is 1. The summed E-state index contributed by atoms with van der Waals surface area (Å²) >= 11 is 0. The lowest BCUT2D eigenvalue weighted by atomic mass is 10.2. The number of nitrogens with one attached hydrogen (secondary N) is 1. The summed E-state index contributed by atoms with van der Waals surface area (Å²) in [6.07, 6.45) is 1.83. The van der Waals surface area contributed by atoms with Crippen LogP contribution in [0.3, 0.4) is 0 Å². The predicted molar refractivity (Wildman–Crippen MR) is 67.6 cm³/mol. The molecule has 0 saturated heterocycles. The van der Waals surface area contributed by atoms with Gasteiger partial charge in [0.25, 0.3) is 0 Å². The van der Waals surface area contributed by atoms with E-state index >= 15 is 0 Å². The number of halogens is 1. The fourth-order valence-corrected chi connectivity index (χ4v) is 1.40. The van der Waals surface area contributed by atoms with Crippen molar-refractivity contribution in [1.82, 2.24) is 9.78 Å². The maximum atomic E-state index is 9.55. The first-order chi connectivity index (χ1) is 7.65. The van der Waals surface area contributed by atoms with Crippen LogP contribution >= 0.6 is 12.4 Å². The van der Waals surface area contributed by atoms with Crippen molar-refractivity contribution in [3.05, 3.63) is 36.0 Å². The van der Waals surface area contributed by atoms with Gasteiger partial charge < -0.3 is 15.5 Å². The number of hydrogen-bond donors (Lipinski definition) is 3. The van der Waals surface area contributed by atoms with Crippen LogP contribution in [0.5, 0.6) is 11.5 Å². The minimum atomic E-state index is 0. The van der Waals surface area contributed by atoms with E-state index in [9.17, 15) is 5.11 Å². The SMILES string of the molecule is Cl.Cn1ccc(NCc2ccc(O)cc2O)n1. The van der Waals surface area contributed by atoms with Gasteiger partial charge in [-0.1, -0.05) is 0 Å². The first kappa shape index (κ1) is 13.2. The lowest BCUT2D eigenvalue weighted by Crippen LogP contribution is -2.01. The monoisotopic (exact) mass is 255 g/mol. The number of phenols is 2. The Morgan fingerprint density at radius 1 is 1.29 bits per heavy atom. The van der Waals surface area contributed by atoms with Crippen molar-refractivity contribution in [3.63, 3.8) is 0 Å².